The molecule has 0 aromatic heterocycles. The van der Waals surface area contributed by atoms with E-state index >= 15 is 0 Å². The number of fused-ring (bicyclic) bond motifs is 1. The predicted molar refractivity (Wildman–Crippen MR) is 86.2 cm³/mol. The van der Waals surface area contributed by atoms with Crippen molar-refractivity contribution in [2.75, 3.05) is 7.11 Å². The molecule has 0 bridgehead atoms. The van der Waals surface area contributed by atoms with Crippen LogP contribution in [-0.2, 0) is 30.7 Å². The molecule has 2 heteroatoms. The molecule has 1 N–H and O–H groups in total. The number of nitrogens with one attached hydrogen (secondary N) is 1. The van der Waals surface area contributed by atoms with Crippen LogP contribution in [0.15, 0.2) is 48.5 Å². The van der Waals surface area contributed by atoms with Gasteiger partial charge in [0.1, 0.15) is 0 Å². The Kier molecular flexibility index (Phi) is 4.69. The monoisotopic (exact) mass is 281 g/mol. The van der Waals surface area contributed by atoms with Crippen LogP contribution in [0, 0.1) is 0 Å². The van der Waals surface area contributed by atoms with Gasteiger partial charge < -0.3 is 10.1 Å². The molecule has 2 aromatic rings. The molecule has 3 rings (SSSR count). The molecule has 0 saturated heterocycles. The van der Waals surface area contributed by atoms with E-state index < -0.39 is 0 Å². The van der Waals surface area contributed by atoms with Crippen molar-refractivity contribution >= 4 is 0 Å². The third-order valence-corrected chi connectivity index (χ3v) is 4.24. The lowest BCUT2D eigenvalue weighted by molar-refractivity contribution is 0.185. The van der Waals surface area contributed by atoms with Crippen LogP contribution in [0.25, 0.3) is 0 Å². The van der Waals surface area contributed by atoms with E-state index in [4.69, 9.17) is 4.74 Å². The van der Waals surface area contributed by atoms with E-state index in [0.29, 0.717) is 12.6 Å². The molecule has 1 unspecified atom stereocenters. The second-order valence-electron chi connectivity index (χ2n) is 5.84. The topological polar surface area (TPSA) is 21.3 Å². The third kappa shape index (κ3) is 3.72. The number of hydrogen-bond donors (Lipinski definition) is 1. The fourth-order valence-corrected chi connectivity index (χ4v) is 3.13. The Morgan fingerprint density at radius 2 is 1.86 bits per heavy atom. The van der Waals surface area contributed by atoms with Crippen molar-refractivity contribution in [1.29, 1.82) is 0 Å². The fourth-order valence-electron chi connectivity index (χ4n) is 3.13. The fraction of sp³-hybridized carbons (Fsp3) is 0.368. The van der Waals surface area contributed by atoms with E-state index in [-0.39, 0.29) is 0 Å². The van der Waals surface area contributed by atoms with Crippen LogP contribution in [0.2, 0.25) is 0 Å². The number of methoxy groups -OCH3 is 1. The molecule has 1 atom stereocenters. The molecular formula is C19H23NO. The average Bonchev–Trinajstić information content (AvgIpc) is 2.53. The van der Waals surface area contributed by atoms with Gasteiger partial charge in [0.15, 0.2) is 0 Å². The van der Waals surface area contributed by atoms with E-state index in [9.17, 15) is 0 Å². The maximum Gasteiger partial charge on any atom is 0.0713 e. The quantitative estimate of drug-likeness (QED) is 0.906. The number of rotatable bonds is 5. The van der Waals surface area contributed by atoms with Crippen LogP contribution in [0.5, 0.6) is 0 Å². The smallest absolute Gasteiger partial charge is 0.0713 e. The molecular weight excluding hydrogens is 258 g/mol. The SMILES string of the molecule is COCc1cccc(CNC2CCc3ccccc3C2)c1. The zero-order chi connectivity index (χ0) is 14.5. The minimum atomic E-state index is 0.589. The van der Waals surface area contributed by atoms with Gasteiger partial charge in [-0.2, -0.15) is 0 Å². The van der Waals surface area contributed by atoms with Crippen molar-refractivity contribution < 1.29 is 4.74 Å². The minimum absolute atomic E-state index is 0.589. The van der Waals surface area contributed by atoms with Crippen molar-refractivity contribution in [2.45, 2.75) is 38.5 Å². The Morgan fingerprint density at radius 3 is 2.71 bits per heavy atom. The first-order valence-electron chi connectivity index (χ1n) is 7.72. The average molecular weight is 281 g/mol. The van der Waals surface area contributed by atoms with Gasteiger partial charge in [-0.15, -0.1) is 0 Å². The van der Waals surface area contributed by atoms with Crippen molar-refractivity contribution in [2.24, 2.45) is 0 Å². The number of aryl methyl sites for hydroxylation is 1. The van der Waals surface area contributed by atoms with Crippen LogP contribution >= 0.6 is 0 Å². The van der Waals surface area contributed by atoms with Crippen molar-refractivity contribution in [3.8, 4) is 0 Å². The first kappa shape index (κ1) is 14.3. The first-order valence-corrected chi connectivity index (χ1v) is 7.72. The summed E-state index contributed by atoms with van der Waals surface area (Å²) in [4.78, 5) is 0. The molecule has 2 nitrogen and oxygen atoms in total. The summed E-state index contributed by atoms with van der Waals surface area (Å²) in [6, 6.07) is 18.1. The summed E-state index contributed by atoms with van der Waals surface area (Å²) in [5, 5.41) is 3.71. The summed E-state index contributed by atoms with van der Waals surface area (Å²) < 4.78 is 5.20. The zero-order valence-corrected chi connectivity index (χ0v) is 12.6. The number of ether oxygens (including phenoxy) is 1. The Hall–Kier alpha value is -1.64. The standard InChI is InChI=1S/C19H23NO/c1-21-14-16-6-4-5-15(11-16)13-20-19-10-9-17-7-2-3-8-18(17)12-19/h2-8,11,19-20H,9-10,12-14H2,1H3. The van der Waals surface area contributed by atoms with Gasteiger partial charge in [-0.05, 0) is 41.5 Å². The van der Waals surface area contributed by atoms with Gasteiger partial charge in [-0.25, -0.2) is 0 Å². The third-order valence-electron chi connectivity index (χ3n) is 4.24. The minimum Gasteiger partial charge on any atom is -0.380 e. The van der Waals surface area contributed by atoms with Gasteiger partial charge in [-0.3, -0.25) is 0 Å². The van der Waals surface area contributed by atoms with E-state index in [1.807, 2.05) is 0 Å². The highest BCUT2D eigenvalue weighted by Gasteiger charge is 2.17. The molecule has 110 valence electrons. The number of hydrogen-bond acceptors (Lipinski definition) is 2. The lowest BCUT2D eigenvalue weighted by Crippen LogP contribution is -2.34. The molecule has 0 aliphatic heterocycles. The summed E-state index contributed by atoms with van der Waals surface area (Å²) in [5.74, 6) is 0. The lowest BCUT2D eigenvalue weighted by atomic mass is 9.88. The molecule has 0 heterocycles. The van der Waals surface area contributed by atoms with Gasteiger partial charge in [0.05, 0.1) is 6.61 Å². The van der Waals surface area contributed by atoms with E-state index in [1.54, 1.807) is 7.11 Å². The maximum absolute atomic E-state index is 5.20. The van der Waals surface area contributed by atoms with Gasteiger partial charge in [0.25, 0.3) is 0 Å². The molecule has 0 radical (unpaired) electrons. The highest BCUT2D eigenvalue weighted by atomic mass is 16.5. The maximum atomic E-state index is 5.20. The molecule has 0 saturated carbocycles. The van der Waals surface area contributed by atoms with Crippen LogP contribution < -0.4 is 5.32 Å². The summed E-state index contributed by atoms with van der Waals surface area (Å²) in [6.07, 6.45) is 3.57. The second kappa shape index (κ2) is 6.88. The Labute approximate surface area is 127 Å². The van der Waals surface area contributed by atoms with Crippen LogP contribution in [-0.4, -0.2) is 13.2 Å². The van der Waals surface area contributed by atoms with Gasteiger partial charge in [0.2, 0.25) is 0 Å². The van der Waals surface area contributed by atoms with Crippen LogP contribution in [0.3, 0.4) is 0 Å². The van der Waals surface area contributed by atoms with Crippen LogP contribution in [0.4, 0.5) is 0 Å². The van der Waals surface area contributed by atoms with Gasteiger partial charge in [-0.1, -0.05) is 48.5 Å². The summed E-state index contributed by atoms with van der Waals surface area (Å²) in [7, 11) is 1.74. The van der Waals surface area contributed by atoms with Gasteiger partial charge in [0, 0.05) is 19.7 Å². The molecule has 0 fully saturated rings. The Morgan fingerprint density at radius 1 is 1.05 bits per heavy atom. The lowest BCUT2D eigenvalue weighted by Gasteiger charge is -2.25. The first-order chi connectivity index (χ1) is 10.3. The van der Waals surface area contributed by atoms with Gasteiger partial charge >= 0.3 is 0 Å². The Balaban J connectivity index is 1.58. The van der Waals surface area contributed by atoms with E-state index in [1.165, 1.54) is 35.1 Å². The molecule has 0 spiro atoms. The summed E-state index contributed by atoms with van der Waals surface area (Å²) >= 11 is 0. The summed E-state index contributed by atoms with van der Waals surface area (Å²) in [6.45, 7) is 1.62. The molecule has 0 amide bonds. The van der Waals surface area contributed by atoms with E-state index in [0.717, 1.165) is 13.0 Å². The van der Waals surface area contributed by atoms with E-state index in [2.05, 4.69) is 53.8 Å². The highest BCUT2D eigenvalue weighted by Crippen LogP contribution is 2.21. The molecule has 2 aromatic carbocycles. The normalized spacial score (nSPS) is 17.5. The largest absolute Gasteiger partial charge is 0.380 e. The van der Waals surface area contributed by atoms with Crippen molar-refractivity contribution in [3.63, 3.8) is 0 Å². The van der Waals surface area contributed by atoms with Crippen LogP contribution in [0.1, 0.15) is 28.7 Å². The predicted octanol–water partition coefficient (Wildman–Crippen LogP) is 3.48. The highest BCUT2D eigenvalue weighted by molar-refractivity contribution is 5.30. The molecule has 1 aliphatic carbocycles. The summed E-state index contributed by atoms with van der Waals surface area (Å²) in [5.41, 5.74) is 5.61. The van der Waals surface area contributed by atoms with Crippen molar-refractivity contribution in [1.82, 2.24) is 5.32 Å². The molecule has 21 heavy (non-hydrogen) atoms. The zero-order valence-electron chi connectivity index (χ0n) is 12.6. The van der Waals surface area contributed by atoms with Crippen molar-refractivity contribution in [3.05, 3.63) is 70.8 Å². The second-order valence-corrected chi connectivity index (χ2v) is 5.84. The molecule has 1 aliphatic rings. The Bertz CT molecular complexity index is 594. The number of benzene rings is 2.